The Labute approximate surface area is 213 Å². The van der Waals surface area contributed by atoms with E-state index < -0.39 is 27.7 Å². The van der Waals surface area contributed by atoms with Crippen molar-refractivity contribution in [1.82, 2.24) is 0 Å². The zero-order valence-corrected chi connectivity index (χ0v) is 21.4. The number of aliphatic carboxylic acids is 1. The summed E-state index contributed by atoms with van der Waals surface area (Å²) in [6.45, 7) is 5.00. The topological polar surface area (TPSA) is 97.0 Å². The van der Waals surface area contributed by atoms with Crippen molar-refractivity contribution in [3.8, 4) is 5.75 Å². The van der Waals surface area contributed by atoms with E-state index in [1.54, 1.807) is 45.0 Å². The van der Waals surface area contributed by atoms with Crippen molar-refractivity contribution < 1.29 is 40.6 Å². The zero-order chi connectivity index (χ0) is 27.4. The van der Waals surface area contributed by atoms with Crippen LogP contribution in [0.3, 0.4) is 0 Å². The monoisotopic (exact) mass is 539 g/mol. The Morgan fingerprint density at radius 3 is 2.24 bits per heavy atom. The van der Waals surface area contributed by atoms with Crippen LogP contribution in [0.5, 0.6) is 5.75 Å². The number of rotatable bonds is 11. The van der Waals surface area contributed by atoms with Gasteiger partial charge in [0.25, 0.3) is 10.0 Å². The number of furan rings is 1. The van der Waals surface area contributed by atoms with Crippen molar-refractivity contribution in [3.05, 3.63) is 77.0 Å². The number of sulfonamides is 1. The van der Waals surface area contributed by atoms with E-state index in [-0.39, 0.29) is 42.0 Å². The van der Waals surface area contributed by atoms with E-state index in [1.807, 2.05) is 0 Å². The SMILES string of the molecule is Cc1ccc(S(=O)(=O)N(CC(C)C)c2ccc(C(F)(F)F)cc2OCc2ccc(CCC(=O)O)cc2)o1. The molecule has 7 nitrogen and oxygen atoms in total. The van der Waals surface area contributed by atoms with Crippen molar-refractivity contribution in [2.45, 2.75) is 51.5 Å². The van der Waals surface area contributed by atoms with Crippen LogP contribution in [0, 0.1) is 12.8 Å². The van der Waals surface area contributed by atoms with Gasteiger partial charge in [0.1, 0.15) is 18.1 Å². The van der Waals surface area contributed by atoms with Gasteiger partial charge < -0.3 is 14.3 Å². The zero-order valence-electron chi connectivity index (χ0n) is 20.6. The molecule has 0 aliphatic rings. The number of nitrogens with zero attached hydrogens (tertiary/aromatic N) is 1. The number of ether oxygens (including phenoxy) is 1. The van der Waals surface area contributed by atoms with Gasteiger partial charge in [0.15, 0.2) is 0 Å². The molecular formula is C26H28F3NO6S. The van der Waals surface area contributed by atoms with Crippen LogP contribution in [-0.4, -0.2) is 26.0 Å². The molecule has 3 rings (SSSR count). The smallest absolute Gasteiger partial charge is 0.416 e. The van der Waals surface area contributed by atoms with Gasteiger partial charge in [0.05, 0.1) is 11.3 Å². The predicted octanol–water partition coefficient (Wildman–Crippen LogP) is 6.05. The normalized spacial score (nSPS) is 12.1. The summed E-state index contributed by atoms with van der Waals surface area (Å²) in [6, 6.07) is 12.3. The summed E-state index contributed by atoms with van der Waals surface area (Å²) in [5, 5.41) is 8.50. The first-order valence-electron chi connectivity index (χ1n) is 11.5. The molecule has 0 aliphatic heterocycles. The van der Waals surface area contributed by atoms with Crippen molar-refractivity contribution in [2.75, 3.05) is 10.8 Å². The predicted molar refractivity (Wildman–Crippen MR) is 131 cm³/mol. The summed E-state index contributed by atoms with van der Waals surface area (Å²) in [5.41, 5.74) is 0.371. The van der Waals surface area contributed by atoms with Crippen LogP contribution in [0.15, 0.2) is 64.1 Å². The van der Waals surface area contributed by atoms with Crippen LogP contribution in [-0.2, 0) is 34.0 Å². The lowest BCUT2D eigenvalue weighted by Gasteiger charge is -2.27. The van der Waals surface area contributed by atoms with Gasteiger partial charge >= 0.3 is 12.1 Å². The first-order valence-corrected chi connectivity index (χ1v) is 12.9. The third kappa shape index (κ3) is 7.28. The minimum Gasteiger partial charge on any atom is -0.487 e. The van der Waals surface area contributed by atoms with Gasteiger partial charge in [-0.2, -0.15) is 21.6 Å². The molecule has 0 unspecified atom stereocenters. The fourth-order valence-corrected chi connectivity index (χ4v) is 5.14. The third-order valence-electron chi connectivity index (χ3n) is 5.39. The van der Waals surface area contributed by atoms with Crippen LogP contribution in [0.2, 0.25) is 0 Å². The molecule has 0 amide bonds. The molecule has 1 N–H and O–H groups in total. The summed E-state index contributed by atoms with van der Waals surface area (Å²) in [7, 11) is -4.24. The van der Waals surface area contributed by atoms with Crippen LogP contribution in [0.1, 0.15) is 42.7 Å². The number of halogens is 3. The largest absolute Gasteiger partial charge is 0.487 e. The molecule has 0 atom stereocenters. The molecule has 200 valence electrons. The summed E-state index contributed by atoms with van der Waals surface area (Å²) in [4.78, 5) is 10.8. The number of carboxylic acids is 1. The standard InChI is InChI=1S/C26H28F3NO6S/c1-17(2)15-30(37(33,34)25-13-4-18(3)36-25)22-11-10-21(26(27,28)29)14-23(22)35-16-20-7-5-19(6-8-20)9-12-24(31)32/h4-8,10-11,13-14,17H,9,12,15-16H2,1-3H3,(H,31,32). The molecule has 37 heavy (non-hydrogen) atoms. The second kappa shape index (κ2) is 11.3. The molecule has 0 radical (unpaired) electrons. The molecule has 0 bridgehead atoms. The van der Waals surface area contributed by atoms with E-state index in [4.69, 9.17) is 14.3 Å². The molecular weight excluding hydrogens is 511 g/mol. The van der Waals surface area contributed by atoms with E-state index in [9.17, 15) is 26.4 Å². The van der Waals surface area contributed by atoms with E-state index in [0.717, 1.165) is 28.1 Å². The van der Waals surface area contributed by atoms with Crippen LogP contribution >= 0.6 is 0 Å². The Balaban J connectivity index is 1.98. The molecule has 0 saturated heterocycles. The number of hydrogen-bond donors (Lipinski definition) is 1. The highest BCUT2D eigenvalue weighted by molar-refractivity contribution is 7.92. The van der Waals surface area contributed by atoms with Gasteiger partial charge in [-0.3, -0.25) is 9.10 Å². The molecule has 3 aromatic rings. The Morgan fingerprint density at radius 2 is 1.70 bits per heavy atom. The molecule has 11 heteroatoms. The van der Waals surface area contributed by atoms with E-state index in [0.29, 0.717) is 17.7 Å². The molecule has 0 fully saturated rings. The molecule has 0 saturated carbocycles. The summed E-state index contributed by atoms with van der Waals surface area (Å²) in [5.74, 6) is -0.967. The maximum Gasteiger partial charge on any atom is 0.416 e. The number of anilines is 1. The van der Waals surface area contributed by atoms with Gasteiger partial charge in [-0.05, 0) is 60.7 Å². The Hall–Kier alpha value is -3.47. The second-order valence-corrected chi connectivity index (χ2v) is 10.8. The van der Waals surface area contributed by atoms with Crippen molar-refractivity contribution in [3.63, 3.8) is 0 Å². The van der Waals surface area contributed by atoms with Crippen LogP contribution < -0.4 is 9.04 Å². The highest BCUT2D eigenvalue weighted by atomic mass is 32.2. The average Bonchev–Trinajstić information content (AvgIpc) is 3.27. The first-order chi connectivity index (χ1) is 17.3. The van der Waals surface area contributed by atoms with Crippen LogP contribution in [0.4, 0.5) is 18.9 Å². The van der Waals surface area contributed by atoms with Gasteiger partial charge in [-0.25, -0.2) is 0 Å². The van der Waals surface area contributed by atoms with Gasteiger partial charge in [-0.15, -0.1) is 0 Å². The number of aryl methyl sites for hydroxylation is 2. The Bertz CT molecular complexity index is 1330. The summed E-state index contributed by atoms with van der Waals surface area (Å²) < 4.78 is 79.5. The fraction of sp³-hybridized carbons (Fsp3) is 0.346. The number of benzene rings is 2. The first kappa shape index (κ1) is 28.1. The highest BCUT2D eigenvalue weighted by Gasteiger charge is 2.35. The van der Waals surface area contributed by atoms with Crippen molar-refractivity contribution >= 4 is 21.7 Å². The number of alkyl halides is 3. The Kier molecular flexibility index (Phi) is 8.57. The summed E-state index contributed by atoms with van der Waals surface area (Å²) in [6.07, 6.45) is -4.36. The lowest BCUT2D eigenvalue weighted by Crippen LogP contribution is -2.34. The van der Waals surface area contributed by atoms with Gasteiger partial charge in [0, 0.05) is 13.0 Å². The molecule has 2 aromatic carbocycles. The Morgan fingerprint density at radius 1 is 1.05 bits per heavy atom. The number of hydrogen-bond acceptors (Lipinski definition) is 5. The average molecular weight is 540 g/mol. The quantitative estimate of drug-likeness (QED) is 0.318. The second-order valence-electron chi connectivity index (χ2n) is 8.97. The maximum atomic E-state index is 13.5. The molecule has 1 aromatic heterocycles. The third-order valence-corrected chi connectivity index (χ3v) is 7.05. The van der Waals surface area contributed by atoms with Crippen LogP contribution in [0.25, 0.3) is 0 Å². The molecule has 1 heterocycles. The van der Waals surface area contributed by atoms with E-state index in [2.05, 4.69) is 0 Å². The van der Waals surface area contributed by atoms with Crippen molar-refractivity contribution in [1.29, 1.82) is 0 Å². The summed E-state index contributed by atoms with van der Waals surface area (Å²) >= 11 is 0. The highest BCUT2D eigenvalue weighted by Crippen LogP contribution is 2.39. The fourth-order valence-electron chi connectivity index (χ4n) is 3.54. The van der Waals surface area contributed by atoms with Crippen molar-refractivity contribution in [2.24, 2.45) is 5.92 Å². The lowest BCUT2D eigenvalue weighted by molar-refractivity contribution is -0.138. The van der Waals surface area contributed by atoms with Gasteiger partial charge in [0.2, 0.25) is 5.09 Å². The molecule has 0 spiro atoms. The number of carbonyl (C=O) groups is 1. The minimum absolute atomic E-state index is 0.0257. The lowest BCUT2D eigenvalue weighted by atomic mass is 10.1. The van der Waals surface area contributed by atoms with Gasteiger partial charge in [-0.1, -0.05) is 38.1 Å². The minimum atomic E-state index is -4.66. The molecule has 0 aliphatic carbocycles. The number of carboxylic acid groups (broad SMARTS) is 1. The van der Waals surface area contributed by atoms with E-state index in [1.165, 1.54) is 12.1 Å². The van der Waals surface area contributed by atoms with E-state index >= 15 is 0 Å². The maximum absolute atomic E-state index is 13.5.